The van der Waals surface area contributed by atoms with Crippen molar-refractivity contribution < 1.29 is 9.18 Å². The molecule has 0 N–H and O–H groups in total. The van der Waals surface area contributed by atoms with Gasteiger partial charge in [-0.05, 0) is 31.2 Å². The number of aryl methyl sites for hydroxylation is 1. The van der Waals surface area contributed by atoms with E-state index in [1.807, 2.05) is 13.0 Å². The number of hydrogen-bond acceptors (Lipinski definition) is 1. The first-order chi connectivity index (χ1) is 8.08. The van der Waals surface area contributed by atoms with E-state index in [-0.39, 0.29) is 10.8 Å². The molecule has 2 rings (SSSR count). The van der Waals surface area contributed by atoms with Crippen LogP contribution in [-0.4, -0.2) is 5.78 Å². The third-order valence-corrected chi connectivity index (χ3v) is 2.77. The molecular weight excluding hydrogens is 239 g/mol. The standard InChI is InChI=1S/C14H10ClFO/c1-9-3-2-4-10(7-9)14(17)12-6-5-11(16)8-13(12)15/h2-8H,1H3. The highest BCUT2D eigenvalue weighted by Gasteiger charge is 2.13. The lowest BCUT2D eigenvalue weighted by molar-refractivity contribution is 0.103. The van der Waals surface area contributed by atoms with Gasteiger partial charge in [0, 0.05) is 11.1 Å². The fourth-order valence-electron chi connectivity index (χ4n) is 1.62. The van der Waals surface area contributed by atoms with Crippen LogP contribution >= 0.6 is 11.6 Å². The van der Waals surface area contributed by atoms with Gasteiger partial charge < -0.3 is 0 Å². The summed E-state index contributed by atoms with van der Waals surface area (Å²) in [6.07, 6.45) is 0. The highest BCUT2D eigenvalue weighted by molar-refractivity contribution is 6.35. The van der Waals surface area contributed by atoms with E-state index in [9.17, 15) is 9.18 Å². The van der Waals surface area contributed by atoms with Gasteiger partial charge in [0.05, 0.1) is 5.02 Å². The maximum Gasteiger partial charge on any atom is 0.194 e. The van der Waals surface area contributed by atoms with Crippen molar-refractivity contribution in [1.82, 2.24) is 0 Å². The van der Waals surface area contributed by atoms with E-state index in [4.69, 9.17) is 11.6 Å². The SMILES string of the molecule is Cc1cccc(C(=O)c2ccc(F)cc2Cl)c1. The average Bonchev–Trinajstić information content (AvgIpc) is 2.28. The highest BCUT2D eigenvalue weighted by Crippen LogP contribution is 2.21. The molecule has 0 saturated carbocycles. The summed E-state index contributed by atoms with van der Waals surface area (Å²) < 4.78 is 12.9. The van der Waals surface area contributed by atoms with Gasteiger partial charge in [-0.25, -0.2) is 4.39 Å². The Labute approximate surface area is 104 Å². The Morgan fingerprint density at radius 2 is 1.94 bits per heavy atom. The molecule has 0 heterocycles. The van der Waals surface area contributed by atoms with E-state index in [2.05, 4.69) is 0 Å². The monoisotopic (exact) mass is 248 g/mol. The first-order valence-corrected chi connectivity index (χ1v) is 5.52. The van der Waals surface area contributed by atoms with Gasteiger partial charge >= 0.3 is 0 Å². The predicted molar refractivity (Wildman–Crippen MR) is 66.0 cm³/mol. The molecule has 0 spiro atoms. The van der Waals surface area contributed by atoms with Crippen LogP contribution in [0.15, 0.2) is 42.5 Å². The van der Waals surface area contributed by atoms with Crippen molar-refractivity contribution in [2.45, 2.75) is 6.92 Å². The molecule has 0 radical (unpaired) electrons. The largest absolute Gasteiger partial charge is 0.289 e. The predicted octanol–water partition coefficient (Wildman–Crippen LogP) is 4.02. The molecule has 3 heteroatoms. The lowest BCUT2D eigenvalue weighted by Crippen LogP contribution is -2.02. The highest BCUT2D eigenvalue weighted by atomic mass is 35.5. The number of benzene rings is 2. The molecule has 0 bridgehead atoms. The van der Waals surface area contributed by atoms with E-state index in [1.54, 1.807) is 18.2 Å². The Balaban J connectivity index is 2.44. The van der Waals surface area contributed by atoms with Crippen molar-refractivity contribution in [1.29, 1.82) is 0 Å². The van der Waals surface area contributed by atoms with Gasteiger partial charge in [-0.3, -0.25) is 4.79 Å². The second kappa shape index (κ2) is 4.68. The van der Waals surface area contributed by atoms with Crippen molar-refractivity contribution in [3.8, 4) is 0 Å². The lowest BCUT2D eigenvalue weighted by Gasteiger charge is -2.04. The molecule has 86 valence electrons. The van der Waals surface area contributed by atoms with E-state index >= 15 is 0 Å². The van der Waals surface area contributed by atoms with Crippen LogP contribution in [0.4, 0.5) is 4.39 Å². The van der Waals surface area contributed by atoms with E-state index in [1.165, 1.54) is 12.1 Å². The lowest BCUT2D eigenvalue weighted by atomic mass is 10.0. The van der Waals surface area contributed by atoms with Crippen molar-refractivity contribution in [2.75, 3.05) is 0 Å². The zero-order valence-electron chi connectivity index (χ0n) is 9.21. The van der Waals surface area contributed by atoms with Crippen molar-refractivity contribution >= 4 is 17.4 Å². The molecule has 0 aliphatic rings. The molecular formula is C14H10ClFO. The first-order valence-electron chi connectivity index (χ1n) is 5.14. The summed E-state index contributed by atoms with van der Waals surface area (Å²) in [5.41, 5.74) is 1.87. The van der Waals surface area contributed by atoms with Gasteiger partial charge in [0.1, 0.15) is 5.82 Å². The maximum absolute atomic E-state index is 12.9. The molecule has 1 nitrogen and oxygen atoms in total. The second-order valence-electron chi connectivity index (χ2n) is 3.82. The van der Waals surface area contributed by atoms with Gasteiger partial charge in [0.25, 0.3) is 0 Å². The van der Waals surface area contributed by atoms with Crippen LogP contribution in [0.25, 0.3) is 0 Å². The summed E-state index contributed by atoms with van der Waals surface area (Å²) in [6.45, 7) is 1.91. The molecule has 2 aromatic rings. The third-order valence-electron chi connectivity index (χ3n) is 2.46. The van der Waals surface area contributed by atoms with Crippen LogP contribution in [0.1, 0.15) is 21.5 Å². The average molecular weight is 249 g/mol. The molecule has 2 aromatic carbocycles. The number of carbonyl (C=O) groups is 1. The van der Waals surface area contributed by atoms with Gasteiger partial charge in [0.2, 0.25) is 0 Å². The molecule has 0 fully saturated rings. The number of hydrogen-bond donors (Lipinski definition) is 0. The van der Waals surface area contributed by atoms with Gasteiger partial charge in [-0.2, -0.15) is 0 Å². The first kappa shape index (κ1) is 11.8. The summed E-state index contributed by atoms with van der Waals surface area (Å²) in [7, 11) is 0. The zero-order valence-corrected chi connectivity index (χ0v) is 9.96. The van der Waals surface area contributed by atoms with Crippen LogP contribution in [0.3, 0.4) is 0 Å². The van der Waals surface area contributed by atoms with Crippen molar-refractivity contribution in [2.24, 2.45) is 0 Å². The molecule has 0 unspecified atom stereocenters. The summed E-state index contributed by atoms with van der Waals surface area (Å²) >= 11 is 5.85. The minimum absolute atomic E-state index is 0.136. The molecule has 0 aromatic heterocycles. The zero-order chi connectivity index (χ0) is 12.4. The molecule has 0 saturated heterocycles. The summed E-state index contributed by atoms with van der Waals surface area (Å²) in [4.78, 5) is 12.1. The molecule has 0 aliphatic carbocycles. The minimum Gasteiger partial charge on any atom is -0.289 e. The quantitative estimate of drug-likeness (QED) is 0.734. The molecule has 0 amide bonds. The van der Waals surface area contributed by atoms with Gasteiger partial charge in [-0.1, -0.05) is 35.4 Å². The smallest absolute Gasteiger partial charge is 0.194 e. The van der Waals surface area contributed by atoms with E-state index in [0.717, 1.165) is 11.6 Å². The van der Waals surface area contributed by atoms with E-state index in [0.29, 0.717) is 11.1 Å². The van der Waals surface area contributed by atoms with Crippen LogP contribution < -0.4 is 0 Å². The summed E-state index contributed by atoms with van der Waals surface area (Å²) in [6, 6.07) is 11.0. The number of rotatable bonds is 2. The fourth-order valence-corrected chi connectivity index (χ4v) is 1.87. The second-order valence-corrected chi connectivity index (χ2v) is 4.23. The number of ketones is 1. The Morgan fingerprint density at radius 1 is 1.18 bits per heavy atom. The topological polar surface area (TPSA) is 17.1 Å². The Kier molecular flexibility index (Phi) is 3.25. The van der Waals surface area contributed by atoms with Crippen LogP contribution in [0, 0.1) is 12.7 Å². The normalized spacial score (nSPS) is 10.3. The molecule has 17 heavy (non-hydrogen) atoms. The molecule has 0 atom stereocenters. The molecule has 0 aliphatic heterocycles. The summed E-state index contributed by atoms with van der Waals surface area (Å²) in [5, 5.41) is 0.136. The van der Waals surface area contributed by atoms with E-state index < -0.39 is 5.82 Å². The Hall–Kier alpha value is -1.67. The summed E-state index contributed by atoms with van der Waals surface area (Å²) in [5.74, 6) is -0.644. The fraction of sp³-hybridized carbons (Fsp3) is 0.0714. The van der Waals surface area contributed by atoms with Crippen molar-refractivity contribution in [3.63, 3.8) is 0 Å². The Bertz CT molecular complexity index is 578. The van der Waals surface area contributed by atoms with Crippen LogP contribution in [-0.2, 0) is 0 Å². The van der Waals surface area contributed by atoms with Crippen molar-refractivity contribution in [3.05, 3.63) is 70.0 Å². The van der Waals surface area contributed by atoms with Gasteiger partial charge in [0.15, 0.2) is 5.78 Å². The third kappa shape index (κ3) is 2.53. The Morgan fingerprint density at radius 3 is 2.59 bits per heavy atom. The van der Waals surface area contributed by atoms with Crippen LogP contribution in [0.2, 0.25) is 5.02 Å². The van der Waals surface area contributed by atoms with Crippen LogP contribution in [0.5, 0.6) is 0 Å². The number of carbonyl (C=O) groups excluding carboxylic acids is 1. The number of halogens is 2. The maximum atomic E-state index is 12.9. The minimum atomic E-state index is -0.448. The van der Waals surface area contributed by atoms with Gasteiger partial charge in [-0.15, -0.1) is 0 Å².